The van der Waals surface area contributed by atoms with Crippen LogP contribution in [0.2, 0.25) is 0 Å². The maximum atomic E-state index is 14.7. The molecule has 0 radical (unpaired) electrons. The van der Waals surface area contributed by atoms with Crippen molar-refractivity contribution in [2.45, 2.75) is 23.5 Å². The first-order valence-electron chi connectivity index (χ1n) is 8.60. The van der Waals surface area contributed by atoms with Crippen molar-refractivity contribution in [2.75, 3.05) is 10.7 Å². The first-order chi connectivity index (χ1) is 13.9. The molecule has 0 bridgehead atoms. The van der Waals surface area contributed by atoms with Gasteiger partial charge in [-0.15, -0.1) is 0 Å². The number of para-hydroxylation sites is 1. The predicted octanol–water partition coefficient (Wildman–Crippen LogP) is 5.83. The van der Waals surface area contributed by atoms with E-state index in [4.69, 9.17) is 16.5 Å². The summed E-state index contributed by atoms with van der Waals surface area (Å²) in [6, 6.07) is 14.7. The number of alkyl halides is 3. The lowest BCUT2D eigenvalue weighted by Crippen LogP contribution is -2.49. The van der Waals surface area contributed by atoms with E-state index in [1.54, 1.807) is 42.7 Å². The summed E-state index contributed by atoms with van der Waals surface area (Å²) in [6.07, 6.45) is -1.90. The zero-order valence-corrected chi connectivity index (χ0v) is 16.7. The summed E-state index contributed by atoms with van der Waals surface area (Å²) >= 11 is 7.63. The standard InChI is InChI=1S/C20H15ClF3N3OS/c1-29-18-25-11-15-17(26-18)27(21)16-10-6-5-9-14(16)19(15,20(22,23)24)28-12-13-7-3-2-4-8-13/h2-11H,12H2,1H3. The molecule has 4 nitrogen and oxygen atoms in total. The van der Waals surface area contributed by atoms with Crippen LogP contribution in [-0.4, -0.2) is 22.4 Å². The lowest BCUT2D eigenvalue weighted by atomic mass is 9.82. The molecule has 0 amide bonds. The van der Waals surface area contributed by atoms with Gasteiger partial charge in [0.2, 0.25) is 5.60 Å². The van der Waals surface area contributed by atoms with E-state index in [0.29, 0.717) is 10.7 Å². The zero-order chi connectivity index (χ0) is 20.6. The fraction of sp³-hybridized carbons (Fsp3) is 0.200. The Morgan fingerprint density at radius 1 is 1.07 bits per heavy atom. The Kier molecular flexibility index (Phi) is 5.18. The van der Waals surface area contributed by atoms with Crippen molar-refractivity contribution < 1.29 is 17.9 Å². The summed E-state index contributed by atoms with van der Waals surface area (Å²) in [5, 5.41) is 0.313. The Labute approximate surface area is 174 Å². The molecule has 0 fully saturated rings. The summed E-state index contributed by atoms with van der Waals surface area (Å²) in [5.41, 5.74) is -2.32. The molecule has 1 atom stereocenters. The van der Waals surface area contributed by atoms with Gasteiger partial charge in [0.25, 0.3) is 0 Å². The number of rotatable bonds is 4. The number of nitrogens with zero attached hydrogens (tertiary/aromatic N) is 3. The first kappa shape index (κ1) is 20.0. The highest BCUT2D eigenvalue weighted by Crippen LogP contribution is 2.57. The van der Waals surface area contributed by atoms with E-state index in [0.717, 1.165) is 10.6 Å². The van der Waals surface area contributed by atoms with Crippen molar-refractivity contribution in [3.8, 4) is 0 Å². The van der Waals surface area contributed by atoms with Crippen LogP contribution < -0.4 is 4.42 Å². The molecular formula is C20H15ClF3N3OS. The number of halogens is 4. The highest BCUT2D eigenvalue weighted by atomic mass is 35.5. The second-order valence-corrected chi connectivity index (χ2v) is 7.46. The average molecular weight is 438 g/mol. The third-order valence-electron chi connectivity index (χ3n) is 4.69. The van der Waals surface area contributed by atoms with Crippen molar-refractivity contribution >= 4 is 35.0 Å². The number of hydrogen-bond acceptors (Lipinski definition) is 5. The summed E-state index contributed by atoms with van der Waals surface area (Å²) in [5.74, 6) is -0.0462. The number of ether oxygens (including phenoxy) is 1. The minimum absolute atomic E-state index is 0.0462. The van der Waals surface area contributed by atoms with E-state index < -0.39 is 11.8 Å². The van der Waals surface area contributed by atoms with Crippen molar-refractivity contribution in [3.05, 3.63) is 77.5 Å². The van der Waals surface area contributed by atoms with Gasteiger partial charge in [0.05, 0.1) is 17.9 Å². The molecule has 1 aliphatic heterocycles. The summed E-state index contributed by atoms with van der Waals surface area (Å²) < 4.78 is 51.0. The fourth-order valence-electron chi connectivity index (χ4n) is 3.36. The van der Waals surface area contributed by atoms with Gasteiger partial charge < -0.3 is 4.74 Å². The number of thioether (sulfide) groups is 1. The van der Waals surface area contributed by atoms with E-state index >= 15 is 0 Å². The lowest BCUT2D eigenvalue weighted by molar-refractivity contribution is -0.271. The maximum absolute atomic E-state index is 14.7. The highest BCUT2D eigenvalue weighted by Gasteiger charge is 2.63. The first-order valence-corrected chi connectivity index (χ1v) is 10.2. The normalized spacial score (nSPS) is 18.3. The molecule has 1 aliphatic rings. The number of benzene rings is 2. The molecule has 29 heavy (non-hydrogen) atoms. The summed E-state index contributed by atoms with van der Waals surface area (Å²) in [4.78, 5) is 8.31. The minimum Gasteiger partial charge on any atom is -0.352 e. The molecule has 9 heteroatoms. The Bertz CT molecular complexity index is 1030. The third kappa shape index (κ3) is 3.25. The van der Waals surface area contributed by atoms with E-state index in [9.17, 15) is 13.2 Å². The second-order valence-electron chi connectivity index (χ2n) is 6.35. The molecule has 3 aromatic rings. The highest BCUT2D eigenvalue weighted by molar-refractivity contribution is 7.98. The van der Waals surface area contributed by atoms with E-state index in [1.807, 2.05) is 0 Å². The molecule has 1 unspecified atom stereocenters. The summed E-state index contributed by atoms with van der Waals surface area (Å²) in [7, 11) is 0. The van der Waals surface area contributed by atoms with Gasteiger partial charge in [0.1, 0.15) is 0 Å². The van der Waals surface area contributed by atoms with Crippen LogP contribution in [0.15, 0.2) is 66.0 Å². The number of fused-ring (bicyclic) bond motifs is 2. The van der Waals surface area contributed by atoms with Crippen LogP contribution in [0.5, 0.6) is 0 Å². The molecular weight excluding hydrogens is 423 g/mol. The van der Waals surface area contributed by atoms with Crippen LogP contribution in [-0.2, 0) is 16.9 Å². The van der Waals surface area contributed by atoms with Gasteiger partial charge in [-0.2, -0.15) is 13.2 Å². The molecule has 0 aliphatic carbocycles. The molecule has 1 aromatic heterocycles. The maximum Gasteiger partial charge on any atom is 0.426 e. The SMILES string of the molecule is CSc1ncc2c(n1)N(Cl)c1ccccc1C2(OCc1ccccc1)C(F)(F)F. The van der Waals surface area contributed by atoms with Gasteiger partial charge in [-0.1, -0.05) is 60.3 Å². The van der Waals surface area contributed by atoms with Gasteiger partial charge >= 0.3 is 6.18 Å². The molecule has 2 aromatic carbocycles. The van der Waals surface area contributed by atoms with Crippen LogP contribution in [0.3, 0.4) is 0 Å². The summed E-state index contributed by atoms with van der Waals surface area (Å²) in [6.45, 7) is -0.249. The van der Waals surface area contributed by atoms with Crippen LogP contribution in [0, 0.1) is 0 Å². The van der Waals surface area contributed by atoms with Crippen molar-refractivity contribution in [1.82, 2.24) is 9.97 Å². The molecule has 150 valence electrons. The predicted molar refractivity (Wildman–Crippen MR) is 106 cm³/mol. The quantitative estimate of drug-likeness (QED) is 0.292. The lowest BCUT2D eigenvalue weighted by Gasteiger charge is -2.42. The van der Waals surface area contributed by atoms with Gasteiger partial charge in [0, 0.05) is 23.5 Å². The zero-order valence-electron chi connectivity index (χ0n) is 15.2. The Balaban J connectivity index is 1.95. The Morgan fingerprint density at radius 2 is 1.76 bits per heavy atom. The van der Waals surface area contributed by atoms with Gasteiger partial charge in [-0.05, 0) is 17.9 Å². The van der Waals surface area contributed by atoms with Crippen molar-refractivity contribution in [1.29, 1.82) is 0 Å². The molecule has 0 saturated carbocycles. The molecule has 0 N–H and O–H groups in total. The topological polar surface area (TPSA) is 38.2 Å². The van der Waals surface area contributed by atoms with E-state index in [2.05, 4.69) is 9.97 Å². The van der Waals surface area contributed by atoms with E-state index in [1.165, 1.54) is 30.0 Å². The Morgan fingerprint density at radius 3 is 2.45 bits per heavy atom. The van der Waals surface area contributed by atoms with Crippen molar-refractivity contribution in [2.24, 2.45) is 0 Å². The van der Waals surface area contributed by atoms with Crippen LogP contribution in [0.4, 0.5) is 24.7 Å². The van der Waals surface area contributed by atoms with E-state index in [-0.39, 0.29) is 29.2 Å². The third-order valence-corrected chi connectivity index (χ3v) is 5.59. The molecule has 0 saturated heterocycles. The minimum atomic E-state index is -4.78. The van der Waals surface area contributed by atoms with Gasteiger partial charge in [-0.25, -0.2) is 14.4 Å². The van der Waals surface area contributed by atoms with Gasteiger partial charge in [-0.3, -0.25) is 0 Å². The average Bonchev–Trinajstić information content (AvgIpc) is 2.73. The number of hydrogen-bond donors (Lipinski definition) is 0. The van der Waals surface area contributed by atoms with Gasteiger partial charge in [0.15, 0.2) is 11.0 Å². The molecule has 4 rings (SSSR count). The monoisotopic (exact) mass is 437 g/mol. The van der Waals surface area contributed by atoms with Crippen LogP contribution in [0.1, 0.15) is 16.7 Å². The molecule has 0 spiro atoms. The van der Waals surface area contributed by atoms with Crippen LogP contribution in [0.25, 0.3) is 0 Å². The largest absolute Gasteiger partial charge is 0.426 e. The smallest absolute Gasteiger partial charge is 0.352 e. The number of anilines is 2. The van der Waals surface area contributed by atoms with Crippen LogP contribution >= 0.6 is 23.5 Å². The fourth-order valence-corrected chi connectivity index (χ4v) is 3.98. The number of aromatic nitrogens is 2. The molecule has 2 heterocycles. The Hall–Kier alpha value is -2.29. The van der Waals surface area contributed by atoms with Crippen molar-refractivity contribution in [3.63, 3.8) is 0 Å². The second kappa shape index (κ2) is 7.51.